The van der Waals surface area contributed by atoms with Gasteiger partial charge in [-0.2, -0.15) is 11.8 Å². The van der Waals surface area contributed by atoms with Gasteiger partial charge in [-0.1, -0.05) is 30.3 Å². The Hall–Kier alpha value is -0.750. The normalized spacial score (nSPS) is 20.1. The molecular formula is C14H21ClN2O2S. The summed E-state index contributed by atoms with van der Waals surface area (Å²) in [5.74, 6) is 1.88. The van der Waals surface area contributed by atoms with E-state index in [4.69, 9.17) is 10.5 Å². The first kappa shape index (κ1) is 17.3. The number of rotatable bonds is 4. The lowest BCUT2D eigenvalue weighted by molar-refractivity contribution is -0.135. The Kier molecular flexibility index (Phi) is 7.37. The number of hydrogen-bond acceptors (Lipinski definition) is 4. The van der Waals surface area contributed by atoms with Crippen LogP contribution < -0.4 is 5.73 Å². The van der Waals surface area contributed by atoms with E-state index in [1.165, 1.54) is 5.56 Å². The Bertz CT molecular complexity index is 419. The molecule has 1 aliphatic heterocycles. The standard InChI is InChI=1S/C14H20N2O2S.ClH/c1-18-9-12(15)14(17)16-7-8-19-10-13(16)11-5-3-2-4-6-11;/h2-6,12-13H,7-10,15H2,1H3;1H. The fourth-order valence-electron chi connectivity index (χ4n) is 2.28. The highest BCUT2D eigenvalue weighted by atomic mass is 35.5. The Balaban J connectivity index is 0.00000200. The molecule has 0 bridgehead atoms. The summed E-state index contributed by atoms with van der Waals surface area (Å²) in [5, 5.41) is 0. The third-order valence-electron chi connectivity index (χ3n) is 3.26. The van der Waals surface area contributed by atoms with Crippen LogP contribution in [0, 0.1) is 0 Å². The van der Waals surface area contributed by atoms with E-state index in [0.29, 0.717) is 0 Å². The summed E-state index contributed by atoms with van der Waals surface area (Å²) in [6.07, 6.45) is 0. The van der Waals surface area contributed by atoms with Crippen molar-refractivity contribution < 1.29 is 9.53 Å². The lowest BCUT2D eigenvalue weighted by Crippen LogP contribution is -2.50. The number of benzene rings is 1. The lowest BCUT2D eigenvalue weighted by atomic mass is 10.1. The van der Waals surface area contributed by atoms with E-state index in [1.54, 1.807) is 7.11 Å². The minimum Gasteiger partial charge on any atom is -0.383 e. The molecule has 1 amide bonds. The maximum absolute atomic E-state index is 12.4. The van der Waals surface area contributed by atoms with E-state index < -0.39 is 6.04 Å². The second kappa shape index (κ2) is 8.52. The molecule has 1 aromatic carbocycles. The molecule has 0 aliphatic carbocycles. The van der Waals surface area contributed by atoms with Gasteiger partial charge in [0, 0.05) is 25.2 Å². The van der Waals surface area contributed by atoms with Crippen molar-refractivity contribution >= 4 is 30.1 Å². The SMILES string of the molecule is COCC(N)C(=O)N1CCSCC1c1ccccc1.Cl. The molecule has 2 N–H and O–H groups in total. The average molecular weight is 317 g/mol. The molecule has 2 unspecified atom stereocenters. The highest BCUT2D eigenvalue weighted by Crippen LogP contribution is 2.29. The van der Waals surface area contributed by atoms with Crippen molar-refractivity contribution in [2.45, 2.75) is 12.1 Å². The summed E-state index contributed by atoms with van der Waals surface area (Å²) < 4.78 is 4.98. The van der Waals surface area contributed by atoms with Gasteiger partial charge in [0.15, 0.2) is 0 Å². The molecule has 20 heavy (non-hydrogen) atoms. The maximum Gasteiger partial charge on any atom is 0.242 e. The van der Waals surface area contributed by atoms with E-state index in [9.17, 15) is 4.79 Å². The van der Waals surface area contributed by atoms with Gasteiger partial charge in [0.1, 0.15) is 6.04 Å². The molecule has 2 atom stereocenters. The maximum atomic E-state index is 12.4. The quantitative estimate of drug-likeness (QED) is 0.918. The second-order valence-corrected chi connectivity index (χ2v) is 5.74. The van der Waals surface area contributed by atoms with Crippen molar-refractivity contribution in [1.82, 2.24) is 4.90 Å². The minimum absolute atomic E-state index is 0. The van der Waals surface area contributed by atoms with Gasteiger partial charge in [0.2, 0.25) is 5.91 Å². The van der Waals surface area contributed by atoms with Gasteiger partial charge in [-0.15, -0.1) is 12.4 Å². The molecule has 4 nitrogen and oxygen atoms in total. The molecule has 1 aromatic rings. The van der Waals surface area contributed by atoms with Crippen molar-refractivity contribution in [1.29, 1.82) is 0 Å². The number of ether oxygens (including phenoxy) is 1. The molecule has 1 heterocycles. The molecule has 1 saturated heterocycles. The number of hydrogen-bond donors (Lipinski definition) is 1. The highest BCUT2D eigenvalue weighted by molar-refractivity contribution is 7.99. The first-order valence-corrected chi connectivity index (χ1v) is 7.57. The Morgan fingerprint density at radius 2 is 2.20 bits per heavy atom. The fourth-order valence-corrected chi connectivity index (χ4v) is 3.37. The number of carbonyl (C=O) groups is 1. The predicted octanol–water partition coefficient (Wildman–Crippen LogP) is 1.70. The molecular weight excluding hydrogens is 296 g/mol. The fraction of sp³-hybridized carbons (Fsp3) is 0.500. The topological polar surface area (TPSA) is 55.6 Å². The van der Waals surface area contributed by atoms with E-state index in [2.05, 4.69) is 12.1 Å². The van der Waals surface area contributed by atoms with Gasteiger partial charge >= 0.3 is 0 Å². The van der Waals surface area contributed by atoms with Gasteiger partial charge < -0.3 is 15.4 Å². The Morgan fingerprint density at radius 1 is 1.50 bits per heavy atom. The number of halogens is 1. The van der Waals surface area contributed by atoms with Crippen LogP contribution in [-0.2, 0) is 9.53 Å². The number of amides is 1. The van der Waals surface area contributed by atoms with Crippen molar-refractivity contribution in [2.75, 3.05) is 31.8 Å². The molecule has 112 valence electrons. The van der Waals surface area contributed by atoms with E-state index in [0.717, 1.165) is 18.1 Å². The smallest absolute Gasteiger partial charge is 0.242 e. The highest BCUT2D eigenvalue weighted by Gasteiger charge is 2.31. The summed E-state index contributed by atoms with van der Waals surface area (Å²) in [6.45, 7) is 1.02. The van der Waals surface area contributed by atoms with Gasteiger partial charge in [-0.05, 0) is 5.56 Å². The van der Waals surface area contributed by atoms with Crippen LogP contribution >= 0.6 is 24.2 Å². The molecule has 1 fully saturated rings. The van der Waals surface area contributed by atoms with Crippen LogP contribution in [0.15, 0.2) is 30.3 Å². The van der Waals surface area contributed by atoms with Crippen molar-refractivity contribution in [3.63, 3.8) is 0 Å². The van der Waals surface area contributed by atoms with Crippen LogP contribution in [0.5, 0.6) is 0 Å². The molecule has 0 saturated carbocycles. The van der Waals surface area contributed by atoms with Crippen LogP contribution in [-0.4, -0.2) is 48.6 Å². The summed E-state index contributed by atoms with van der Waals surface area (Å²) in [7, 11) is 1.56. The van der Waals surface area contributed by atoms with Crippen LogP contribution in [0.3, 0.4) is 0 Å². The number of methoxy groups -OCH3 is 1. The largest absolute Gasteiger partial charge is 0.383 e. The van der Waals surface area contributed by atoms with Crippen molar-refractivity contribution in [2.24, 2.45) is 5.73 Å². The van der Waals surface area contributed by atoms with Crippen LogP contribution in [0.25, 0.3) is 0 Å². The molecule has 0 radical (unpaired) electrons. The van der Waals surface area contributed by atoms with E-state index >= 15 is 0 Å². The summed E-state index contributed by atoms with van der Waals surface area (Å²) in [5.41, 5.74) is 7.05. The lowest BCUT2D eigenvalue weighted by Gasteiger charge is -2.37. The molecule has 2 rings (SSSR count). The second-order valence-electron chi connectivity index (χ2n) is 4.59. The zero-order valence-corrected chi connectivity index (χ0v) is 13.2. The van der Waals surface area contributed by atoms with Crippen molar-refractivity contribution in [3.8, 4) is 0 Å². The zero-order chi connectivity index (χ0) is 13.7. The average Bonchev–Trinajstić information content (AvgIpc) is 2.47. The molecule has 6 heteroatoms. The van der Waals surface area contributed by atoms with Crippen LogP contribution in [0.1, 0.15) is 11.6 Å². The Labute approximate surface area is 130 Å². The summed E-state index contributed by atoms with van der Waals surface area (Å²) >= 11 is 1.88. The van der Waals surface area contributed by atoms with Gasteiger partial charge in [-0.25, -0.2) is 0 Å². The van der Waals surface area contributed by atoms with Crippen molar-refractivity contribution in [3.05, 3.63) is 35.9 Å². The van der Waals surface area contributed by atoms with Gasteiger partial charge in [0.05, 0.1) is 12.6 Å². The Morgan fingerprint density at radius 3 is 2.85 bits per heavy atom. The zero-order valence-electron chi connectivity index (χ0n) is 11.5. The summed E-state index contributed by atoms with van der Waals surface area (Å²) in [6, 6.07) is 9.69. The third-order valence-corrected chi connectivity index (χ3v) is 4.28. The first-order valence-electron chi connectivity index (χ1n) is 6.41. The predicted molar refractivity (Wildman–Crippen MR) is 85.3 cm³/mol. The van der Waals surface area contributed by atoms with Gasteiger partial charge in [0.25, 0.3) is 0 Å². The van der Waals surface area contributed by atoms with Crippen LogP contribution in [0.4, 0.5) is 0 Å². The molecule has 0 spiro atoms. The minimum atomic E-state index is -0.570. The van der Waals surface area contributed by atoms with Crippen LogP contribution in [0.2, 0.25) is 0 Å². The van der Waals surface area contributed by atoms with Gasteiger partial charge in [-0.3, -0.25) is 4.79 Å². The summed E-state index contributed by atoms with van der Waals surface area (Å²) in [4.78, 5) is 14.3. The first-order chi connectivity index (χ1) is 9.24. The number of nitrogens with zero attached hydrogens (tertiary/aromatic N) is 1. The number of nitrogens with two attached hydrogens (primary N) is 1. The molecule has 1 aliphatic rings. The number of carbonyl (C=O) groups excluding carboxylic acids is 1. The number of thioether (sulfide) groups is 1. The van der Waals surface area contributed by atoms with E-state index in [-0.39, 0.29) is 31.0 Å². The monoisotopic (exact) mass is 316 g/mol. The molecule has 0 aromatic heterocycles. The van der Waals surface area contributed by atoms with E-state index in [1.807, 2.05) is 34.9 Å². The third kappa shape index (κ3) is 4.12.